The molecule has 1 aliphatic heterocycles. The van der Waals surface area contributed by atoms with E-state index in [0.29, 0.717) is 17.9 Å². The second-order valence-electron chi connectivity index (χ2n) is 3.18. The topological polar surface area (TPSA) is 72.6 Å². The first-order chi connectivity index (χ1) is 7.18. The van der Waals surface area contributed by atoms with E-state index in [2.05, 4.69) is 4.74 Å². The molecule has 2 rings (SSSR count). The second-order valence-corrected chi connectivity index (χ2v) is 3.18. The molecule has 5 heteroatoms. The molecule has 0 unspecified atom stereocenters. The highest BCUT2D eigenvalue weighted by molar-refractivity contribution is 6.38. The van der Waals surface area contributed by atoms with Crippen molar-refractivity contribution in [1.29, 1.82) is 0 Å². The minimum absolute atomic E-state index is 0.231. The lowest BCUT2D eigenvalue weighted by atomic mass is 10.2. The van der Waals surface area contributed by atoms with Crippen LogP contribution in [-0.4, -0.2) is 25.0 Å². The minimum Gasteiger partial charge on any atom is -0.457 e. The Kier molecular flexibility index (Phi) is 2.29. The molecule has 1 heterocycles. The molecule has 1 fully saturated rings. The average molecular weight is 206 g/mol. The standard InChI is InChI=1S/C10H10N2O3/c11-7-1-3-8(4-2-7)12-5-6-15-10(14)9(12)13/h1-4H,5-6,11H2. The number of rotatable bonds is 1. The van der Waals surface area contributed by atoms with Crippen LogP contribution in [0.2, 0.25) is 0 Å². The van der Waals surface area contributed by atoms with Gasteiger partial charge in [-0.3, -0.25) is 9.69 Å². The van der Waals surface area contributed by atoms with Gasteiger partial charge in [-0.1, -0.05) is 0 Å². The molecular formula is C10H10N2O3. The molecule has 1 aromatic rings. The number of hydrogen-bond donors (Lipinski definition) is 1. The van der Waals surface area contributed by atoms with Crippen molar-refractivity contribution < 1.29 is 14.3 Å². The van der Waals surface area contributed by atoms with Gasteiger partial charge in [0.25, 0.3) is 0 Å². The van der Waals surface area contributed by atoms with E-state index in [-0.39, 0.29) is 6.61 Å². The van der Waals surface area contributed by atoms with Crippen molar-refractivity contribution in [1.82, 2.24) is 0 Å². The lowest BCUT2D eigenvalue weighted by molar-refractivity contribution is -0.156. The Hall–Kier alpha value is -2.04. The van der Waals surface area contributed by atoms with Gasteiger partial charge in [0.05, 0.1) is 6.54 Å². The highest BCUT2D eigenvalue weighted by Gasteiger charge is 2.28. The number of amides is 1. The number of nitrogen functional groups attached to an aromatic ring is 1. The number of carbonyl (C=O) groups is 2. The Morgan fingerprint density at radius 2 is 1.87 bits per heavy atom. The van der Waals surface area contributed by atoms with E-state index in [1.165, 1.54) is 4.90 Å². The molecular weight excluding hydrogens is 196 g/mol. The maximum absolute atomic E-state index is 11.4. The van der Waals surface area contributed by atoms with Crippen LogP contribution < -0.4 is 10.6 Å². The van der Waals surface area contributed by atoms with E-state index in [0.717, 1.165) is 0 Å². The molecule has 0 atom stereocenters. The van der Waals surface area contributed by atoms with Gasteiger partial charge in [-0.15, -0.1) is 0 Å². The van der Waals surface area contributed by atoms with Crippen LogP contribution in [0, 0.1) is 0 Å². The Morgan fingerprint density at radius 3 is 2.53 bits per heavy atom. The van der Waals surface area contributed by atoms with Gasteiger partial charge >= 0.3 is 11.9 Å². The Labute approximate surface area is 86.4 Å². The third-order valence-electron chi connectivity index (χ3n) is 2.17. The smallest absolute Gasteiger partial charge is 0.397 e. The number of nitrogens with two attached hydrogens (primary N) is 1. The zero-order chi connectivity index (χ0) is 10.8. The number of esters is 1. The quantitative estimate of drug-likeness (QED) is 0.403. The van der Waals surface area contributed by atoms with Gasteiger partial charge in [0.2, 0.25) is 0 Å². The maximum Gasteiger partial charge on any atom is 0.397 e. The zero-order valence-electron chi connectivity index (χ0n) is 7.97. The molecule has 1 saturated heterocycles. The number of benzene rings is 1. The minimum atomic E-state index is -0.807. The molecule has 1 aliphatic rings. The first kappa shape index (κ1) is 9.51. The predicted molar refractivity (Wildman–Crippen MR) is 54.2 cm³/mol. The lowest BCUT2D eigenvalue weighted by Crippen LogP contribution is -2.45. The fourth-order valence-electron chi connectivity index (χ4n) is 1.40. The van der Waals surface area contributed by atoms with Gasteiger partial charge < -0.3 is 10.5 Å². The van der Waals surface area contributed by atoms with Crippen LogP contribution >= 0.6 is 0 Å². The molecule has 78 valence electrons. The molecule has 0 saturated carbocycles. The van der Waals surface area contributed by atoms with Crippen molar-refractivity contribution in [2.75, 3.05) is 23.8 Å². The Morgan fingerprint density at radius 1 is 1.20 bits per heavy atom. The number of anilines is 2. The van der Waals surface area contributed by atoms with Gasteiger partial charge in [-0.2, -0.15) is 0 Å². The molecule has 0 aromatic heterocycles. The normalized spacial score (nSPS) is 16.4. The number of carbonyl (C=O) groups excluding carboxylic acids is 2. The van der Waals surface area contributed by atoms with E-state index >= 15 is 0 Å². The summed E-state index contributed by atoms with van der Waals surface area (Å²) in [6.45, 7) is 0.615. The van der Waals surface area contributed by atoms with Crippen LogP contribution in [0.4, 0.5) is 11.4 Å². The SMILES string of the molecule is Nc1ccc(N2CCOC(=O)C2=O)cc1. The summed E-state index contributed by atoms with van der Waals surface area (Å²) in [4.78, 5) is 23.8. The molecule has 0 radical (unpaired) electrons. The van der Waals surface area contributed by atoms with Gasteiger partial charge in [0, 0.05) is 11.4 Å². The van der Waals surface area contributed by atoms with Gasteiger partial charge in [-0.05, 0) is 24.3 Å². The van der Waals surface area contributed by atoms with Crippen molar-refractivity contribution in [3.05, 3.63) is 24.3 Å². The third-order valence-corrected chi connectivity index (χ3v) is 2.17. The maximum atomic E-state index is 11.4. The molecule has 0 aliphatic carbocycles. The number of hydrogen-bond acceptors (Lipinski definition) is 4. The second kappa shape index (κ2) is 3.61. The van der Waals surface area contributed by atoms with Crippen molar-refractivity contribution in [2.45, 2.75) is 0 Å². The van der Waals surface area contributed by atoms with Crippen LogP contribution in [0.15, 0.2) is 24.3 Å². The van der Waals surface area contributed by atoms with Crippen LogP contribution in [0.3, 0.4) is 0 Å². The summed E-state index contributed by atoms with van der Waals surface area (Å²) in [5, 5.41) is 0. The van der Waals surface area contributed by atoms with Crippen molar-refractivity contribution in [3.63, 3.8) is 0 Å². The molecule has 1 amide bonds. The van der Waals surface area contributed by atoms with Crippen molar-refractivity contribution >= 4 is 23.3 Å². The van der Waals surface area contributed by atoms with Gasteiger partial charge in [-0.25, -0.2) is 4.79 Å². The Bertz CT molecular complexity index is 400. The van der Waals surface area contributed by atoms with Crippen LogP contribution in [0.5, 0.6) is 0 Å². The number of nitrogens with zero attached hydrogens (tertiary/aromatic N) is 1. The highest BCUT2D eigenvalue weighted by Crippen LogP contribution is 2.18. The fraction of sp³-hybridized carbons (Fsp3) is 0.200. The van der Waals surface area contributed by atoms with E-state index in [1.807, 2.05) is 0 Å². The number of cyclic esters (lactones) is 1. The van der Waals surface area contributed by atoms with Gasteiger partial charge in [0.1, 0.15) is 6.61 Å². The van der Waals surface area contributed by atoms with E-state index in [4.69, 9.17) is 5.73 Å². The van der Waals surface area contributed by atoms with Crippen molar-refractivity contribution in [3.8, 4) is 0 Å². The number of ether oxygens (including phenoxy) is 1. The zero-order valence-corrected chi connectivity index (χ0v) is 7.97. The molecule has 1 aromatic carbocycles. The number of morpholine rings is 1. The van der Waals surface area contributed by atoms with E-state index in [1.54, 1.807) is 24.3 Å². The molecule has 2 N–H and O–H groups in total. The summed E-state index contributed by atoms with van der Waals surface area (Å²) in [6.07, 6.45) is 0. The lowest BCUT2D eigenvalue weighted by Gasteiger charge is -2.25. The molecule has 5 nitrogen and oxygen atoms in total. The van der Waals surface area contributed by atoms with E-state index < -0.39 is 11.9 Å². The first-order valence-corrected chi connectivity index (χ1v) is 4.52. The summed E-state index contributed by atoms with van der Waals surface area (Å²) >= 11 is 0. The molecule has 0 bridgehead atoms. The van der Waals surface area contributed by atoms with Crippen molar-refractivity contribution in [2.24, 2.45) is 0 Å². The largest absolute Gasteiger partial charge is 0.457 e. The monoisotopic (exact) mass is 206 g/mol. The summed E-state index contributed by atoms with van der Waals surface area (Å²) in [7, 11) is 0. The first-order valence-electron chi connectivity index (χ1n) is 4.52. The Balaban J connectivity index is 2.26. The van der Waals surface area contributed by atoms with Crippen LogP contribution in [0.25, 0.3) is 0 Å². The highest BCUT2D eigenvalue weighted by atomic mass is 16.5. The summed E-state index contributed by atoms with van der Waals surface area (Å²) < 4.78 is 4.61. The molecule has 0 spiro atoms. The third kappa shape index (κ3) is 1.76. The summed E-state index contributed by atoms with van der Waals surface area (Å²) in [5.41, 5.74) is 6.80. The van der Waals surface area contributed by atoms with Crippen LogP contribution in [-0.2, 0) is 14.3 Å². The predicted octanol–water partition coefficient (Wildman–Crippen LogP) is 0.159. The average Bonchev–Trinajstić information content (AvgIpc) is 2.24. The van der Waals surface area contributed by atoms with Crippen LogP contribution in [0.1, 0.15) is 0 Å². The summed E-state index contributed by atoms with van der Waals surface area (Å²) in [5.74, 6) is -1.44. The summed E-state index contributed by atoms with van der Waals surface area (Å²) in [6, 6.07) is 6.77. The van der Waals surface area contributed by atoms with Gasteiger partial charge in [0.15, 0.2) is 0 Å². The van der Waals surface area contributed by atoms with E-state index in [9.17, 15) is 9.59 Å². The molecule has 15 heavy (non-hydrogen) atoms. The fourth-order valence-corrected chi connectivity index (χ4v) is 1.40.